The molecule has 0 bridgehead atoms. The van der Waals surface area contributed by atoms with Crippen molar-refractivity contribution in [2.45, 2.75) is 6.61 Å². The maximum absolute atomic E-state index is 9.24. The number of rotatable bonds is 3. The summed E-state index contributed by atoms with van der Waals surface area (Å²) in [5.41, 5.74) is 2.59. The van der Waals surface area contributed by atoms with Crippen molar-refractivity contribution >= 4 is 0 Å². The van der Waals surface area contributed by atoms with Gasteiger partial charge in [0.15, 0.2) is 0 Å². The Bertz CT molecular complexity index is 469. The van der Waals surface area contributed by atoms with Gasteiger partial charge in [-0.15, -0.1) is 0 Å². The Hall–Kier alpha value is -1.87. The molecule has 2 aromatic rings. The molecule has 3 nitrogen and oxygen atoms in total. The van der Waals surface area contributed by atoms with E-state index in [0.717, 1.165) is 11.1 Å². The summed E-state index contributed by atoms with van der Waals surface area (Å²) in [6.45, 7) is -0.0752. The minimum atomic E-state index is -0.0752. The topological polar surface area (TPSA) is 42.4 Å². The van der Waals surface area contributed by atoms with E-state index in [-0.39, 0.29) is 6.61 Å². The molecule has 0 radical (unpaired) electrons. The quantitative estimate of drug-likeness (QED) is 0.853. The van der Waals surface area contributed by atoms with Crippen LogP contribution in [0.3, 0.4) is 0 Å². The Balaban J connectivity index is 2.53. The van der Waals surface area contributed by atoms with Gasteiger partial charge >= 0.3 is 0 Å². The van der Waals surface area contributed by atoms with Gasteiger partial charge in [-0.2, -0.15) is 0 Å². The van der Waals surface area contributed by atoms with Gasteiger partial charge in [-0.25, -0.2) is 0 Å². The van der Waals surface area contributed by atoms with E-state index in [1.165, 1.54) is 0 Å². The highest BCUT2D eigenvalue weighted by Crippen LogP contribution is 2.25. The molecule has 0 atom stereocenters. The van der Waals surface area contributed by atoms with Crippen LogP contribution in [0.4, 0.5) is 0 Å². The van der Waals surface area contributed by atoms with E-state index in [1.807, 2.05) is 36.4 Å². The first-order chi connectivity index (χ1) is 7.85. The third kappa shape index (κ3) is 2.04. The molecule has 0 saturated heterocycles. The number of nitrogens with zero attached hydrogens (tertiary/aromatic N) is 1. The van der Waals surface area contributed by atoms with Gasteiger partial charge in [0.05, 0.1) is 25.6 Å². The van der Waals surface area contributed by atoms with Crippen molar-refractivity contribution in [1.82, 2.24) is 4.98 Å². The lowest BCUT2D eigenvalue weighted by molar-refractivity contribution is 0.277. The second-order valence-electron chi connectivity index (χ2n) is 3.39. The number of methoxy groups -OCH3 is 1. The third-order valence-corrected chi connectivity index (χ3v) is 2.42. The largest absolute Gasteiger partial charge is 0.495 e. The van der Waals surface area contributed by atoms with Crippen LogP contribution in [0.2, 0.25) is 0 Å². The molecule has 1 aromatic heterocycles. The SMILES string of the molecule is COc1cnc(CO)c(-c2ccccc2)c1. The predicted molar refractivity (Wildman–Crippen MR) is 62.1 cm³/mol. The molecule has 0 saturated carbocycles. The average Bonchev–Trinajstić information content (AvgIpc) is 2.39. The lowest BCUT2D eigenvalue weighted by atomic mass is 10.0. The summed E-state index contributed by atoms with van der Waals surface area (Å²) in [5, 5.41) is 9.24. The minimum Gasteiger partial charge on any atom is -0.495 e. The molecule has 16 heavy (non-hydrogen) atoms. The second kappa shape index (κ2) is 4.77. The number of aromatic nitrogens is 1. The highest BCUT2D eigenvalue weighted by Gasteiger charge is 2.07. The normalized spacial score (nSPS) is 10.1. The number of hydrogen-bond donors (Lipinski definition) is 1. The second-order valence-corrected chi connectivity index (χ2v) is 3.39. The standard InChI is InChI=1S/C13H13NO2/c1-16-11-7-12(13(9-15)14-8-11)10-5-3-2-4-6-10/h2-8,15H,9H2,1H3. The first-order valence-electron chi connectivity index (χ1n) is 5.04. The zero-order chi connectivity index (χ0) is 11.4. The molecule has 0 spiro atoms. The number of aliphatic hydroxyl groups excluding tert-OH is 1. The molecule has 1 heterocycles. The van der Waals surface area contributed by atoms with Gasteiger partial charge in [0.1, 0.15) is 5.75 Å². The van der Waals surface area contributed by atoms with Crippen molar-refractivity contribution in [3.05, 3.63) is 48.3 Å². The molecular formula is C13H13NO2. The van der Waals surface area contributed by atoms with Crippen molar-refractivity contribution in [1.29, 1.82) is 0 Å². The number of pyridine rings is 1. The Labute approximate surface area is 94.3 Å². The molecule has 1 N–H and O–H groups in total. The summed E-state index contributed by atoms with van der Waals surface area (Å²) < 4.78 is 5.13. The molecule has 1 aromatic carbocycles. The lowest BCUT2D eigenvalue weighted by Crippen LogP contribution is -1.95. The van der Waals surface area contributed by atoms with E-state index < -0.39 is 0 Å². The van der Waals surface area contributed by atoms with Crippen LogP contribution in [0.15, 0.2) is 42.6 Å². The Morgan fingerprint density at radius 3 is 2.62 bits per heavy atom. The van der Waals surface area contributed by atoms with Crippen LogP contribution in [0.1, 0.15) is 5.69 Å². The predicted octanol–water partition coefficient (Wildman–Crippen LogP) is 2.25. The third-order valence-electron chi connectivity index (χ3n) is 2.42. The molecule has 0 aliphatic rings. The van der Waals surface area contributed by atoms with Crippen LogP contribution in [-0.2, 0) is 6.61 Å². The highest BCUT2D eigenvalue weighted by molar-refractivity contribution is 5.67. The summed E-state index contributed by atoms with van der Waals surface area (Å²) in [6.07, 6.45) is 1.61. The number of aliphatic hydroxyl groups is 1. The van der Waals surface area contributed by atoms with Gasteiger partial charge in [-0.05, 0) is 11.6 Å². The fourth-order valence-electron chi connectivity index (χ4n) is 1.58. The van der Waals surface area contributed by atoms with Gasteiger partial charge < -0.3 is 9.84 Å². The number of hydrogen-bond acceptors (Lipinski definition) is 3. The van der Waals surface area contributed by atoms with E-state index in [4.69, 9.17) is 4.74 Å². The Morgan fingerprint density at radius 2 is 2.00 bits per heavy atom. The molecule has 0 aliphatic heterocycles. The van der Waals surface area contributed by atoms with Crippen LogP contribution < -0.4 is 4.74 Å². The monoisotopic (exact) mass is 215 g/mol. The molecule has 0 aliphatic carbocycles. The molecule has 0 unspecified atom stereocenters. The first kappa shape index (κ1) is 10.6. The molecule has 82 valence electrons. The number of ether oxygens (including phenoxy) is 1. The maximum Gasteiger partial charge on any atom is 0.137 e. The first-order valence-corrected chi connectivity index (χ1v) is 5.04. The minimum absolute atomic E-state index is 0.0752. The Kier molecular flexibility index (Phi) is 3.17. The van der Waals surface area contributed by atoms with Crippen molar-refractivity contribution < 1.29 is 9.84 Å². The summed E-state index contributed by atoms with van der Waals surface area (Å²) in [7, 11) is 1.60. The van der Waals surface area contributed by atoms with E-state index >= 15 is 0 Å². The Morgan fingerprint density at radius 1 is 1.25 bits per heavy atom. The maximum atomic E-state index is 9.24. The van der Waals surface area contributed by atoms with Gasteiger partial charge in [0.25, 0.3) is 0 Å². The average molecular weight is 215 g/mol. The summed E-state index contributed by atoms with van der Waals surface area (Å²) >= 11 is 0. The van der Waals surface area contributed by atoms with Crippen LogP contribution in [0.25, 0.3) is 11.1 Å². The molecular weight excluding hydrogens is 202 g/mol. The molecule has 0 fully saturated rings. The van der Waals surface area contributed by atoms with Crippen LogP contribution in [-0.4, -0.2) is 17.2 Å². The van der Waals surface area contributed by atoms with Crippen LogP contribution in [0.5, 0.6) is 5.75 Å². The fourth-order valence-corrected chi connectivity index (χ4v) is 1.58. The highest BCUT2D eigenvalue weighted by atomic mass is 16.5. The van der Waals surface area contributed by atoms with Crippen molar-refractivity contribution in [3.63, 3.8) is 0 Å². The summed E-state index contributed by atoms with van der Waals surface area (Å²) in [4.78, 5) is 4.17. The van der Waals surface area contributed by atoms with Gasteiger partial charge in [0, 0.05) is 5.56 Å². The van der Waals surface area contributed by atoms with Crippen molar-refractivity contribution in [2.75, 3.05) is 7.11 Å². The van der Waals surface area contributed by atoms with Gasteiger partial charge in [0.2, 0.25) is 0 Å². The van der Waals surface area contributed by atoms with E-state index in [1.54, 1.807) is 13.3 Å². The smallest absolute Gasteiger partial charge is 0.137 e. The van der Waals surface area contributed by atoms with E-state index in [0.29, 0.717) is 11.4 Å². The zero-order valence-electron chi connectivity index (χ0n) is 9.05. The molecule has 2 rings (SSSR count). The van der Waals surface area contributed by atoms with Gasteiger partial charge in [-0.1, -0.05) is 30.3 Å². The zero-order valence-corrected chi connectivity index (χ0v) is 9.05. The lowest BCUT2D eigenvalue weighted by Gasteiger charge is -2.08. The molecule has 0 amide bonds. The fraction of sp³-hybridized carbons (Fsp3) is 0.154. The van der Waals surface area contributed by atoms with E-state index in [9.17, 15) is 5.11 Å². The summed E-state index contributed by atoms with van der Waals surface area (Å²) in [5.74, 6) is 0.691. The van der Waals surface area contributed by atoms with Gasteiger partial charge in [-0.3, -0.25) is 4.98 Å². The molecule has 3 heteroatoms. The van der Waals surface area contributed by atoms with E-state index in [2.05, 4.69) is 4.98 Å². The summed E-state index contributed by atoms with van der Waals surface area (Å²) in [6, 6.07) is 11.7. The number of benzene rings is 1. The van der Waals surface area contributed by atoms with Crippen LogP contribution in [0, 0.1) is 0 Å². The van der Waals surface area contributed by atoms with Crippen LogP contribution >= 0.6 is 0 Å². The van der Waals surface area contributed by atoms with Crippen molar-refractivity contribution in [2.24, 2.45) is 0 Å². The van der Waals surface area contributed by atoms with Crippen molar-refractivity contribution in [3.8, 4) is 16.9 Å².